The van der Waals surface area contributed by atoms with Gasteiger partial charge in [-0.25, -0.2) is 4.79 Å². The van der Waals surface area contributed by atoms with Crippen molar-refractivity contribution in [1.29, 1.82) is 0 Å². The van der Waals surface area contributed by atoms with Gasteiger partial charge in [-0.05, 0) is 109 Å². The lowest BCUT2D eigenvalue weighted by atomic mass is 9.42. The molecule has 0 radical (unpaired) electrons. The van der Waals surface area contributed by atoms with Crippen molar-refractivity contribution in [3.05, 3.63) is 79.9 Å². The first-order valence-corrected chi connectivity index (χ1v) is 19.2. The highest BCUT2D eigenvalue weighted by molar-refractivity contribution is 5.94. The number of epoxide rings is 1. The maximum Gasteiger partial charge on any atom is 0.345 e. The van der Waals surface area contributed by atoms with Gasteiger partial charge in [-0.15, -0.1) is 0 Å². The van der Waals surface area contributed by atoms with Crippen molar-refractivity contribution in [2.45, 2.75) is 117 Å². The van der Waals surface area contributed by atoms with E-state index in [-0.39, 0.29) is 28.4 Å². The summed E-state index contributed by atoms with van der Waals surface area (Å²) in [7, 11) is 0. The van der Waals surface area contributed by atoms with Crippen LogP contribution in [0, 0.1) is 84.3 Å². The average molecular weight is 697 g/mol. The molecule has 7 rings (SSSR count). The van der Waals surface area contributed by atoms with E-state index >= 15 is 0 Å². The third kappa shape index (κ3) is 6.15. The molecule has 0 amide bonds. The van der Waals surface area contributed by atoms with Crippen LogP contribution in [0.25, 0.3) is 0 Å². The molecule has 2 aromatic carbocycles. The number of nitrogens with zero attached hydrogens (tertiary/aromatic N) is 2. The largest absolute Gasteiger partial charge is 0.459 e. The van der Waals surface area contributed by atoms with E-state index in [1.165, 1.54) is 38.5 Å². The summed E-state index contributed by atoms with van der Waals surface area (Å²) in [4.78, 5) is 35.0. The van der Waals surface area contributed by atoms with Crippen LogP contribution in [0.5, 0.6) is 0 Å². The van der Waals surface area contributed by atoms with Gasteiger partial charge in [0.15, 0.2) is 5.60 Å². The number of ether oxygens (including phenoxy) is 2. The summed E-state index contributed by atoms with van der Waals surface area (Å²) in [5.41, 5.74) is -0.650. The summed E-state index contributed by atoms with van der Waals surface area (Å²) in [6.45, 7) is 12.2. The van der Waals surface area contributed by atoms with Gasteiger partial charge in [0.25, 0.3) is 11.4 Å². The fourth-order valence-electron chi connectivity index (χ4n) is 11.7. The van der Waals surface area contributed by atoms with Crippen molar-refractivity contribution < 1.29 is 24.1 Å². The van der Waals surface area contributed by atoms with Crippen LogP contribution in [0.2, 0.25) is 0 Å². The molecule has 1 saturated heterocycles. The van der Waals surface area contributed by atoms with Gasteiger partial charge in [0.1, 0.15) is 17.8 Å². The van der Waals surface area contributed by atoms with E-state index in [2.05, 4.69) is 46.5 Å². The summed E-state index contributed by atoms with van der Waals surface area (Å²) < 4.78 is 13.0. The Kier molecular flexibility index (Phi) is 9.31. The van der Waals surface area contributed by atoms with Crippen molar-refractivity contribution in [1.82, 2.24) is 0 Å². The fraction of sp³-hybridized carbons (Fsp3) is 0.643. The molecular formula is C42H52N2O7. The van der Waals surface area contributed by atoms with Crippen molar-refractivity contribution >= 4 is 17.3 Å². The number of carbonyl (C=O) groups is 1. The molecule has 51 heavy (non-hydrogen) atoms. The maximum absolute atomic E-state index is 13.4. The van der Waals surface area contributed by atoms with Crippen LogP contribution in [0.15, 0.2) is 48.5 Å². The highest BCUT2D eigenvalue weighted by Gasteiger charge is 2.78. The number of esters is 1. The third-order valence-corrected chi connectivity index (χ3v) is 14.3. The van der Waals surface area contributed by atoms with Gasteiger partial charge in [0.05, 0.1) is 15.9 Å². The van der Waals surface area contributed by atoms with Crippen LogP contribution in [0.3, 0.4) is 0 Å². The molecule has 11 atom stereocenters. The summed E-state index contributed by atoms with van der Waals surface area (Å²) in [6, 6.07) is 13.2. The lowest BCUT2D eigenvalue weighted by molar-refractivity contribution is -0.394. The second kappa shape index (κ2) is 13.3. The third-order valence-electron chi connectivity index (χ3n) is 14.3. The summed E-state index contributed by atoms with van der Waals surface area (Å²) in [6.07, 6.45) is 10.4. The first-order chi connectivity index (χ1) is 24.3. The second-order valence-corrected chi connectivity index (χ2v) is 17.3. The number of fused-ring (bicyclic) bond motifs is 8. The van der Waals surface area contributed by atoms with Crippen molar-refractivity contribution in [2.75, 3.05) is 0 Å². The number of rotatable bonds is 9. The fourth-order valence-corrected chi connectivity index (χ4v) is 11.7. The molecule has 9 heteroatoms. The van der Waals surface area contributed by atoms with Crippen LogP contribution >= 0.6 is 0 Å². The SMILES string of the molecule is CC(C)CCCC(C)C1CCC2C3C(CCC12C)C1(C)CCC(OC(=O)c2ccc([N+](=O)[O-])cc2[N+](=O)[O-])CC1C1OC13C#Cc1ccccc1. The van der Waals surface area contributed by atoms with E-state index in [4.69, 9.17) is 9.47 Å². The molecule has 0 aromatic heterocycles. The van der Waals surface area contributed by atoms with E-state index in [1.807, 2.05) is 30.3 Å². The Labute approximate surface area is 301 Å². The zero-order chi connectivity index (χ0) is 36.3. The molecule has 5 aliphatic rings. The molecule has 0 bridgehead atoms. The number of hydrogen-bond acceptors (Lipinski definition) is 7. The molecule has 1 heterocycles. The number of carbonyl (C=O) groups excluding carboxylic acids is 1. The Hall–Kier alpha value is -3.77. The molecular weight excluding hydrogens is 644 g/mol. The quantitative estimate of drug-likeness (QED) is 0.0840. The van der Waals surface area contributed by atoms with E-state index in [1.54, 1.807) is 0 Å². The predicted molar refractivity (Wildman–Crippen MR) is 194 cm³/mol. The minimum absolute atomic E-state index is 0.00563. The van der Waals surface area contributed by atoms with E-state index < -0.39 is 38.9 Å². The topological polar surface area (TPSA) is 125 Å². The van der Waals surface area contributed by atoms with Crippen molar-refractivity contribution in [3.8, 4) is 11.8 Å². The van der Waals surface area contributed by atoms with E-state index in [9.17, 15) is 25.0 Å². The van der Waals surface area contributed by atoms with Crippen LogP contribution in [-0.4, -0.2) is 33.6 Å². The Morgan fingerprint density at radius 2 is 1.65 bits per heavy atom. The van der Waals surface area contributed by atoms with Gasteiger partial charge in [-0.1, -0.05) is 83.9 Å². The zero-order valence-electron chi connectivity index (χ0n) is 30.6. The van der Waals surface area contributed by atoms with Gasteiger partial charge in [0.2, 0.25) is 0 Å². The summed E-state index contributed by atoms with van der Waals surface area (Å²) >= 11 is 0. The smallest absolute Gasteiger partial charge is 0.345 e. The normalized spacial score (nSPS) is 36.7. The molecule has 0 N–H and O–H groups in total. The zero-order valence-corrected chi connectivity index (χ0v) is 30.6. The van der Waals surface area contributed by atoms with Gasteiger partial charge >= 0.3 is 5.97 Å². The number of hydrogen-bond donors (Lipinski definition) is 0. The molecule has 4 saturated carbocycles. The first-order valence-electron chi connectivity index (χ1n) is 19.2. The van der Waals surface area contributed by atoms with Crippen LogP contribution in [-0.2, 0) is 9.47 Å². The predicted octanol–water partition coefficient (Wildman–Crippen LogP) is 9.56. The summed E-state index contributed by atoms with van der Waals surface area (Å²) in [5, 5.41) is 23.0. The molecule has 272 valence electrons. The van der Waals surface area contributed by atoms with Crippen LogP contribution in [0.4, 0.5) is 11.4 Å². The number of nitro benzene ring substituents is 2. The first kappa shape index (κ1) is 35.6. The summed E-state index contributed by atoms with van der Waals surface area (Å²) in [5.74, 6) is 10.0. The number of benzene rings is 2. The Balaban J connectivity index is 1.16. The van der Waals surface area contributed by atoms with Crippen LogP contribution < -0.4 is 0 Å². The van der Waals surface area contributed by atoms with Crippen molar-refractivity contribution in [2.24, 2.45) is 52.3 Å². The maximum atomic E-state index is 13.4. The highest BCUT2D eigenvalue weighted by atomic mass is 16.6. The molecule has 1 aliphatic heterocycles. The molecule has 4 aliphatic carbocycles. The average Bonchev–Trinajstić information content (AvgIpc) is 3.73. The van der Waals surface area contributed by atoms with E-state index in [0.29, 0.717) is 42.4 Å². The standard InChI is InChI=1S/C42H52N2O7/c1-26(2)10-9-11-27(3)32-16-17-33-37-34(20-22-40(32,33)4)41(5)21-19-30(50-39(45)31-15-14-29(43(46)47)24-36(31)44(48)49)25-35(41)38-42(37,51-38)23-18-28-12-7-6-8-13-28/h6-8,12-15,24,26-27,30,32-35,37-38H,9-11,16-17,19-22,25H2,1-5H3. The molecule has 0 spiro atoms. The monoisotopic (exact) mass is 696 g/mol. The molecule has 2 aromatic rings. The Bertz CT molecular complexity index is 1750. The highest BCUT2D eigenvalue weighted by Crippen LogP contribution is 2.75. The minimum Gasteiger partial charge on any atom is -0.459 e. The molecule has 11 unspecified atom stereocenters. The Morgan fingerprint density at radius 3 is 2.35 bits per heavy atom. The van der Waals surface area contributed by atoms with E-state index in [0.717, 1.165) is 42.5 Å². The minimum atomic E-state index is -0.821. The van der Waals surface area contributed by atoms with Crippen LogP contribution in [0.1, 0.15) is 115 Å². The number of nitro groups is 2. The lowest BCUT2D eigenvalue weighted by Gasteiger charge is -2.61. The lowest BCUT2D eigenvalue weighted by Crippen LogP contribution is -2.60. The van der Waals surface area contributed by atoms with Gasteiger partial charge < -0.3 is 9.47 Å². The molecule has 9 nitrogen and oxygen atoms in total. The van der Waals surface area contributed by atoms with Gasteiger partial charge in [-0.2, -0.15) is 0 Å². The van der Waals surface area contributed by atoms with Gasteiger partial charge in [0, 0.05) is 17.5 Å². The van der Waals surface area contributed by atoms with Gasteiger partial charge in [-0.3, -0.25) is 20.2 Å². The Morgan fingerprint density at radius 1 is 0.922 bits per heavy atom. The molecule has 5 fully saturated rings. The van der Waals surface area contributed by atoms with Crippen molar-refractivity contribution in [3.63, 3.8) is 0 Å². The second-order valence-electron chi connectivity index (χ2n) is 17.3. The number of non-ortho nitro benzene ring substituents is 1.